The van der Waals surface area contributed by atoms with E-state index in [-0.39, 0.29) is 5.54 Å². The van der Waals surface area contributed by atoms with Crippen LogP contribution in [0.5, 0.6) is 0 Å². The van der Waals surface area contributed by atoms with Crippen LogP contribution in [0.2, 0.25) is 0 Å². The molecule has 1 saturated carbocycles. The van der Waals surface area contributed by atoms with Gasteiger partial charge in [0, 0.05) is 18.0 Å². The van der Waals surface area contributed by atoms with Gasteiger partial charge in [-0.2, -0.15) is 0 Å². The molecule has 0 aliphatic heterocycles. The molecule has 0 aromatic heterocycles. The molecule has 0 radical (unpaired) electrons. The highest BCUT2D eigenvalue weighted by Gasteiger charge is 2.36. The SMILES string of the molecule is CCN(C(=O)C1CC1)C(C)(C)C. The number of rotatable bonds is 2. The molecule has 0 N–H and O–H groups in total. The Bertz CT molecular complexity index is 177. The van der Waals surface area contributed by atoms with Crippen molar-refractivity contribution in [3.63, 3.8) is 0 Å². The van der Waals surface area contributed by atoms with Crippen molar-refractivity contribution < 1.29 is 4.79 Å². The maximum Gasteiger partial charge on any atom is 0.226 e. The molecule has 1 amide bonds. The molecule has 70 valence electrons. The van der Waals surface area contributed by atoms with Crippen molar-refractivity contribution in [2.24, 2.45) is 5.92 Å². The van der Waals surface area contributed by atoms with Crippen LogP contribution < -0.4 is 0 Å². The molecule has 0 spiro atoms. The first kappa shape index (κ1) is 9.56. The van der Waals surface area contributed by atoms with Crippen LogP contribution in [0.15, 0.2) is 0 Å². The Morgan fingerprint density at radius 3 is 2.17 bits per heavy atom. The van der Waals surface area contributed by atoms with Gasteiger partial charge in [0.15, 0.2) is 0 Å². The van der Waals surface area contributed by atoms with Gasteiger partial charge in [-0.3, -0.25) is 4.79 Å². The Morgan fingerprint density at radius 2 is 1.92 bits per heavy atom. The summed E-state index contributed by atoms with van der Waals surface area (Å²) in [6.07, 6.45) is 2.21. The topological polar surface area (TPSA) is 20.3 Å². The van der Waals surface area contributed by atoms with Crippen molar-refractivity contribution in [1.29, 1.82) is 0 Å². The van der Waals surface area contributed by atoms with Crippen LogP contribution in [0.1, 0.15) is 40.5 Å². The summed E-state index contributed by atoms with van der Waals surface area (Å²) >= 11 is 0. The molecule has 1 aliphatic carbocycles. The van der Waals surface area contributed by atoms with Gasteiger partial charge in [-0.05, 0) is 40.5 Å². The maximum absolute atomic E-state index is 11.7. The molecule has 0 atom stereocenters. The molecule has 2 nitrogen and oxygen atoms in total. The van der Waals surface area contributed by atoms with Crippen LogP contribution in [-0.2, 0) is 4.79 Å². The molecule has 0 saturated heterocycles. The lowest BCUT2D eigenvalue weighted by Gasteiger charge is -2.35. The minimum absolute atomic E-state index is 0.00553. The second-order valence-corrected chi connectivity index (χ2v) is 4.53. The highest BCUT2D eigenvalue weighted by molar-refractivity contribution is 5.81. The average Bonchev–Trinajstić information content (AvgIpc) is 2.65. The van der Waals surface area contributed by atoms with Gasteiger partial charge < -0.3 is 4.90 Å². The van der Waals surface area contributed by atoms with Crippen LogP contribution in [0, 0.1) is 5.92 Å². The molecular weight excluding hydrogens is 150 g/mol. The quantitative estimate of drug-likeness (QED) is 0.619. The molecule has 0 aromatic carbocycles. The summed E-state index contributed by atoms with van der Waals surface area (Å²) in [4.78, 5) is 13.7. The van der Waals surface area contributed by atoms with E-state index < -0.39 is 0 Å². The number of nitrogens with zero attached hydrogens (tertiary/aromatic N) is 1. The van der Waals surface area contributed by atoms with Gasteiger partial charge in [0.25, 0.3) is 0 Å². The highest BCUT2D eigenvalue weighted by atomic mass is 16.2. The Hall–Kier alpha value is -0.530. The van der Waals surface area contributed by atoms with Crippen molar-refractivity contribution in [2.45, 2.75) is 46.1 Å². The van der Waals surface area contributed by atoms with E-state index in [4.69, 9.17) is 0 Å². The number of carbonyl (C=O) groups is 1. The molecule has 1 rings (SSSR count). The zero-order chi connectivity index (χ0) is 9.35. The van der Waals surface area contributed by atoms with E-state index in [1.807, 2.05) is 11.8 Å². The fourth-order valence-corrected chi connectivity index (χ4v) is 1.51. The molecule has 12 heavy (non-hydrogen) atoms. The van der Waals surface area contributed by atoms with Crippen LogP contribution in [0.4, 0.5) is 0 Å². The first-order valence-electron chi connectivity index (χ1n) is 4.78. The predicted molar refractivity (Wildman–Crippen MR) is 49.9 cm³/mol. The van der Waals surface area contributed by atoms with Gasteiger partial charge in [-0.1, -0.05) is 0 Å². The van der Waals surface area contributed by atoms with Crippen molar-refractivity contribution in [3.05, 3.63) is 0 Å². The Morgan fingerprint density at radius 1 is 1.42 bits per heavy atom. The molecule has 0 bridgehead atoms. The Labute approximate surface area is 74.9 Å². The number of amides is 1. The average molecular weight is 169 g/mol. The van der Waals surface area contributed by atoms with E-state index in [1.165, 1.54) is 0 Å². The molecule has 1 aliphatic rings. The van der Waals surface area contributed by atoms with Crippen LogP contribution in [-0.4, -0.2) is 22.9 Å². The summed E-state index contributed by atoms with van der Waals surface area (Å²) in [7, 11) is 0. The number of hydrogen-bond donors (Lipinski definition) is 0. The molecule has 0 aromatic rings. The smallest absolute Gasteiger partial charge is 0.226 e. The van der Waals surface area contributed by atoms with E-state index >= 15 is 0 Å². The third-order valence-electron chi connectivity index (χ3n) is 2.32. The second kappa shape index (κ2) is 3.08. The fraction of sp³-hybridized carbons (Fsp3) is 0.900. The molecular formula is C10H19NO. The minimum atomic E-state index is -0.00553. The molecule has 2 heteroatoms. The van der Waals surface area contributed by atoms with Crippen LogP contribution in [0.3, 0.4) is 0 Å². The summed E-state index contributed by atoms with van der Waals surface area (Å²) in [5.74, 6) is 0.703. The third kappa shape index (κ3) is 1.99. The normalized spacial score (nSPS) is 17.7. The summed E-state index contributed by atoms with van der Waals surface area (Å²) in [5, 5.41) is 0. The first-order chi connectivity index (χ1) is 5.46. The summed E-state index contributed by atoms with van der Waals surface area (Å²) < 4.78 is 0. The van der Waals surface area contributed by atoms with Gasteiger partial charge in [-0.25, -0.2) is 0 Å². The van der Waals surface area contributed by atoms with E-state index in [2.05, 4.69) is 20.8 Å². The zero-order valence-electron chi connectivity index (χ0n) is 8.55. The van der Waals surface area contributed by atoms with Crippen molar-refractivity contribution in [1.82, 2.24) is 4.90 Å². The van der Waals surface area contributed by atoms with E-state index in [0.29, 0.717) is 11.8 Å². The fourth-order valence-electron chi connectivity index (χ4n) is 1.51. The van der Waals surface area contributed by atoms with E-state index in [0.717, 1.165) is 19.4 Å². The number of carbonyl (C=O) groups excluding carboxylic acids is 1. The van der Waals surface area contributed by atoms with Crippen molar-refractivity contribution >= 4 is 5.91 Å². The third-order valence-corrected chi connectivity index (χ3v) is 2.32. The lowest BCUT2D eigenvalue weighted by atomic mass is 10.1. The predicted octanol–water partition coefficient (Wildman–Crippen LogP) is 2.04. The molecule has 1 fully saturated rings. The lowest BCUT2D eigenvalue weighted by Crippen LogP contribution is -2.46. The van der Waals surface area contributed by atoms with Crippen LogP contribution in [0.25, 0.3) is 0 Å². The van der Waals surface area contributed by atoms with Gasteiger partial charge >= 0.3 is 0 Å². The Balaban J connectivity index is 2.60. The largest absolute Gasteiger partial charge is 0.338 e. The van der Waals surface area contributed by atoms with Crippen LogP contribution >= 0.6 is 0 Å². The monoisotopic (exact) mass is 169 g/mol. The van der Waals surface area contributed by atoms with Gasteiger partial charge in [0.05, 0.1) is 0 Å². The van der Waals surface area contributed by atoms with Gasteiger partial charge in [-0.15, -0.1) is 0 Å². The number of hydrogen-bond acceptors (Lipinski definition) is 1. The summed E-state index contributed by atoms with van der Waals surface area (Å²) in [6, 6.07) is 0. The first-order valence-corrected chi connectivity index (χ1v) is 4.78. The van der Waals surface area contributed by atoms with E-state index in [1.54, 1.807) is 0 Å². The minimum Gasteiger partial charge on any atom is -0.338 e. The standard InChI is InChI=1S/C10H19NO/c1-5-11(10(2,3)4)9(12)8-6-7-8/h8H,5-7H2,1-4H3. The molecule has 0 heterocycles. The zero-order valence-corrected chi connectivity index (χ0v) is 8.55. The lowest BCUT2D eigenvalue weighted by molar-refractivity contribution is -0.137. The van der Waals surface area contributed by atoms with Crippen molar-refractivity contribution in [2.75, 3.05) is 6.54 Å². The highest BCUT2D eigenvalue weighted by Crippen LogP contribution is 2.32. The van der Waals surface area contributed by atoms with Gasteiger partial charge in [0.2, 0.25) is 5.91 Å². The summed E-state index contributed by atoms with van der Waals surface area (Å²) in [6.45, 7) is 9.16. The van der Waals surface area contributed by atoms with Gasteiger partial charge in [0.1, 0.15) is 0 Å². The molecule has 0 unspecified atom stereocenters. The van der Waals surface area contributed by atoms with Crippen molar-refractivity contribution in [3.8, 4) is 0 Å². The second-order valence-electron chi connectivity index (χ2n) is 4.53. The summed E-state index contributed by atoms with van der Waals surface area (Å²) in [5.41, 5.74) is -0.00553. The van der Waals surface area contributed by atoms with E-state index in [9.17, 15) is 4.79 Å². The Kier molecular flexibility index (Phi) is 2.45. The maximum atomic E-state index is 11.7.